The van der Waals surface area contributed by atoms with Gasteiger partial charge in [0.15, 0.2) is 0 Å². The molecule has 1 aliphatic rings. The van der Waals surface area contributed by atoms with E-state index in [0.717, 1.165) is 37.3 Å². The van der Waals surface area contributed by atoms with Crippen LogP contribution >= 0.6 is 11.5 Å². The van der Waals surface area contributed by atoms with Gasteiger partial charge in [-0.15, -0.1) is 0 Å². The molecule has 2 aromatic carbocycles. The van der Waals surface area contributed by atoms with Crippen LogP contribution in [-0.2, 0) is 0 Å². The van der Waals surface area contributed by atoms with Gasteiger partial charge in [0.25, 0.3) is 12.3 Å². The monoisotopic (exact) mass is 489 g/mol. The fraction of sp³-hybridized carbons (Fsp3) is 0.348. The number of amides is 3. The Morgan fingerprint density at radius 2 is 2.06 bits per heavy atom. The van der Waals surface area contributed by atoms with E-state index in [1.165, 1.54) is 12.1 Å². The number of benzene rings is 2. The van der Waals surface area contributed by atoms with Crippen LogP contribution in [0.1, 0.15) is 41.5 Å². The summed E-state index contributed by atoms with van der Waals surface area (Å²) in [6.07, 6.45) is 0.779. The highest BCUT2D eigenvalue weighted by Crippen LogP contribution is 2.35. The molecule has 11 heteroatoms. The van der Waals surface area contributed by atoms with Crippen molar-refractivity contribution in [1.29, 1.82) is 0 Å². The van der Waals surface area contributed by atoms with Gasteiger partial charge in [-0.2, -0.15) is 8.76 Å². The van der Waals surface area contributed by atoms with Crippen LogP contribution < -0.4 is 21.1 Å². The van der Waals surface area contributed by atoms with E-state index in [-0.39, 0.29) is 16.1 Å². The minimum absolute atomic E-state index is 0.0177. The van der Waals surface area contributed by atoms with E-state index in [2.05, 4.69) is 27.0 Å². The van der Waals surface area contributed by atoms with Gasteiger partial charge in [0.1, 0.15) is 16.4 Å². The van der Waals surface area contributed by atoms with E-state index in [1.54, 1.807) is 24.3 Å². The molecule has 0 saturated carbocycles. The molecule has 2 heterocycles. The maximum atomic E-state index is 14.9. The number of fused-ring (bicyclic) bond motifs is 1. The van der Waals surface area contributed by atoms with Crippen LogP contribution in [0.3, 0.4) is 0 Å². The molecule has 1 fully saturated rings. The first-order chi connectivity index (χ1) is 16.3. The summed E-state index contributed by atoms with van der Waals surface area (Å²) >= 11 is 0.719. The average molecular weight is 490 g/mol. The van der Waals surface area contributed by atoms with Crippen molar-refractivity contribution >= 4 is 39.2 Å². The number of halogens is 2. The molecule has 4 N–H and O–H groups in total. The van der Waals surface area contributed by atoms with E-state index < -0.39 is 30.0 Å². The first-order valence-electron chi connectivity index (χ1n) is 10.9. The third-order valence-electron chi connectivity index (χ3n) is 5.89. The molecule has 3 aromatic rings. The number of rotatable bonds is 8. The Hall–Kier alpha value is -3.31. The van der Waals surface area contributed by atoms with E-state index >= 15 is 0 Å². The van der Waals surface area contributed by atoms with Crippen molar-refractivity contribution < 1.29 is 23.1 Å². The van der Waals surface area contributed by atoms with Gasteiger partial charge in [0.05, 0.1) is 5.56 Å². The molecule has 0 bridgehead atoms. The zero-order valence-electron chi connectivity index (χ0n) is 18.5. The molecule has 0 radical (unpaired) electrons. The molecule has 34 heavy (non-hydrogen) atoms. The highest BCUT2D eigenvalue weighted by atomic mass is 32.1. The predicted molar refractivity (Wildman–Crippen MR) is 126 cm³/mol. The molecule has 2 unspecified atom stereocenters. The highest BCUT2D eigenvalue weighted by Gasteiger charge is 2.26. The van der Waals surface area contributed by atoms with Crippen LogP contribution in [0.2, 0.25) is 0 Å². The van der Waals surface area contributed by atoms with Crippen LogP contribution in [0.25, 0.3) is 10.8 Å². The molecule has 1 saturated heterocycles. The Balaban J connectivity index is 1.43. The van der Waals surface area contributed by atoms with Gasteiger partial charge in [-0.1, -0.05) is 24.3 Å². The number of nitrogens with zero attached hydrogens (tertiary/aromatic N) is 2. The standard InChI is InChI=1S/C23H25F2N5O3S/c1-30-10-4-7-15(30)8-9-27-23(32)28-22-18(20(26)31)21(29-34-22)33-19(25)16-11-13-5-2-3-6-14(13)12-17(16)24/h2-3,5-6,11-12,15,19H,4,7-10H2,1H3,(H2,26,31)(H2,27,28,32). The van der Waals surface area contributed by atoms with Crippen LogP contribution in [0.15, 0.2) is 36.4 Å². The summed E-state index contributed by atoms with van der Waals surface area (Å²) < 4.78 is 38.5. The number of likely N-dealkylation sites (tertiary alicyclic amines) is 1. The lowest BCUT2D eigenvalue weighted by molar-refractivity contribution is 0.0587. The molecule has 1 aromatic heterocycles. The summed E-state index contributed by atoms with van der Waals surface area (Å²) in [4.78, 5) is 26.5. The number of urea groups is 1. The third kappa shape index (κ3) is 5.26. The van der Waals surface area contributed by atoms with E-state index in [1.807, 2.05) is 0 Å². The number of nitrogens with two attached hydrogens (primary N) is 1. The molecule has 8 nitrogen and oxygen atoms in total. The summed E-state index contributed by atoms with van der Waals surface area (Å²) in [7, 11) is 2.05. The van der Waals surface area contributed by atoms with Gasteiger partial charge >= 0.3 is 6.03 Å². The largest absolute Gasteiger partial charge is 0.437 e. The Labute approximate surface area is 199 Å². The molecule has 2 atom stereocenters. The van der Waals surface area contributed by atoms with Crippen molar-refractivity contribution in [2.45, 2.75) is 31.7 Å². The first-order valence-corrected chi connectivity index (χ1v) is 11.6. The smallest absolute Gasteiger partial charge is 0.319 e. The first kappa shape index (κ1) is 23.8. The Kier molecular flexibility index (Phi) is 7.23. The van der Waals surface area contributed by atoms with E-state index in [9.17, 15) is 18.4 Å². The van der Waals surface area contributed by atoms with Crippen LogP contribution in [0, 0.1) is 5.82 Å². The fourth-order valence-electron chi connectivity index (χ4n) is 4.07. The fourth-order valence-corrected chi connectivity index (χ4v) is 4.79. The second kappa shape index (κ2) is 10.3. The lowest BCUT2D eigenvalue weighted by atomic mass is 10.1. The van der Waals surface area contributed by atoms with Crippen molar-refractivity contribution in [2.75, 3.05) is 25.5 Å². The van der Waals surface area contributed by atoms with Crippen molar-refractivity contribution in [1.82, 2.24) is 14.6 Å². The average Bonchev–Trinajstić information content (AvgIpc) is 3.38. The topological polar surface area (TPSA) is 110 Å². The molecule has 0 spiro atoms. The van der Waals surface area contributed by atoms with E-state index in [4.69, 9.17) is 10.5 Å². The zero-order valence-corrected chi connectivity index (χ0v) is 19.3. The SMILES string of the molecule is CN1CCCC1CCNC(=O)Nc1snc(OC(F)c2cc3ccccc3cc2F)c1C(N)=O. The summed E-state index contributed by atoms with van der Waals surface area (Å²) in [6, 6.07) is 9.33. The van der Waals surface area contributed by atoms with Gasteiger partial charge in [-0.3, -0.25) is 10.1 Å². The maximum Gasteiger partial charge on any atom is 0.319 e. The summed E-state index contributed by atoms with van der Waals surface area (Å²) in [6.45, 7) is 1.49. The van der Waals surface area contributed by atoms with Crippen LogP contribution in [0.5, 0.6) is 5.88 Å². The minimum atomic E-state index is -2.24. The molecular formula is C23H25F2N5O3S. The van der Waals surface area contributed by atoms with Crippen LogP contribution in [-0.4, -0.2) is 47.4 Å². The Morgan fingerprint density at radius 3 is 2.74 bits per heavy atom. The molecular weight excluding hydrogens is 464 g/mol. The number of aromatic nitrogens is 1. The molecule has 0 aliphatic carbocycles. The number of alkyl halides is 1. The van der Waals surface area contributed by atoms with Crippen molar-refractivity contribution in [3.05, 3.63) is 53.3 Å². The summed E-state index contributed by atoms with van der Waals surface area (Å²) in [5, 5.41) is 6.50. The number of primary amides is 1. The van der Waals surface area contributed by atoms with Crippen molar-refractivity contribution in [3.8, 4) is 5.88 Å². The number of hydrogen-bond donors (Lipinski definition) is 3. The molecule has 1 aliphatic heterocycles. The van der Waals surface area contributed by atoms with Gasteiger partial charge in [-0.25, -0.2) is 9.18 Å². The Morgan fingerprint density at radius 1 is 1.32 bits per heavy atom. The van der Waals surface area contributed by atoms with Crippen molar-refractivity contribution in [3.63, 3.8) is 0 Å². The zero-order chi connectivity index (χ0) is 24.2. The lowest BCUT2D eigenvalue weighted by Crippen LogP contribution is -2.34. The predicted octanol–water partition coefficient (Wildman–Crippen LogP) is 4.19. The molecule has 4 rings (SSSR count). The normalized spacial score (nSPS) is 17.0. The maximum absolute atomic E-state index is 14.9. The number of hydrogen-bond acceptors (Lipinski definition) is 6. The number of nitrogens with one attached hydrogen (secondary N) is 2. The van der Waals surface area contributed by atoms with Crippen LogP contribution in [0.4, 0.5) is 18.6 Å². The van der Waals surface area contributed by atoms with Gasteiger partial charge < -0.3 is 20.7 Å². The second-order valence-corrected chi connectivity index (χ2v) is 8.93. The number of ether oxygens (including phenoxy) is 1. The summed E-state index contributed by atoms with van der Waals surface area (Å²) in [5.74, 6) is -2.18. The summed E-state index contributed by atoms with van der Waals surface area (Å²) in [5.41, 5.74) is 4.81. The third-order valence-corrected chi connectivity index (χ3v) is 6.64. The highest BCUT2D eigenvalue weighted by molar-refractivity contribution is 7.11. The van der Waals surface area contributed by atoms with Gasteiger partial charge in [0.2, 0.25) is 5.88 Å². The molecule has 180 valence electrons. The number of carbonyl (C=O) groups is 2. The quantitative estimate of drug-likeness (QED) is 0.440. The molecule has 3 amide bonds. The van der Waals surface area contributed by atoms with E-state index in [0.29, 0.717) is 23.4 Å². The number of anilines is 1. The Bertz CT molecular complexity index is 1200. The number of carbonyl (C=O) groups excluding carboxylic acids is 2. The van der Waals surface area contributed by atoms with Gasteiger partial charge in [-0.05, 0) is 67.3 Å². The lowest BCUT2D eigenvalue weighted by Gasteiger charge is -2.19. The second-order valence-electron chi connectivity index (χ2n) is 8.16. The minimum Gasteiger partial charge on any atom is -0.437 e. The van der Waals surface area contributed by atoms with Gasteiger partial charge in [0, 0.05) is 12.6 Å². The van der Waals surface area contributed by atoms with Crippen molar-refractivity contribution in [2.24, 2.45) is 5.73 Å².